The van der Waals surface area contributed by atoms with E-state index in [0.717, 1.165) is 35.0 Å². The van der Waals surface area contributed by atoms with Crippen molar-refractivity contribution in [2.24, 2.45) is 0 Å². The molecule has 0 radical (unpaired) electrons. The zero-order valence-corrected chi connectivity index (χ0v) is 34.9. The van der Waals surface area contributed by atoms with Crippen LogP contribution in [0.5, 0.6) is 11.5 Å². The molecular weight excluding hydrogens is 751 g/mol. The van der Waals surface area contributed by atoms with Crippen LogP contribution in [0.4, 0.5) is 17.1 Å². The van der Waals surface area contributed by atoms with Crippen molar-refractivity contribution in [3.63, 3.8) is 0 Å². The Morgan fingerprint density at radius 2 is 1.03 bits per heavy atom. The maximum absolute atomic E-state index is 6.81. The Balaban J connectivity index is 1.13. The average molecular weight is 796 g/mol. The minimum atomic E-state index is -0.536. The third kappa shape index (κ3) is 5.36. The number of fused-ring (bicyclic) bond motifs is 8. The number of ether oxygens (including phenoxy) is 1. The summed E-state index contributed by atoms with van der Waals surface area (Å²) in [6.07, 6.45) is 0.947. The van der Waals surface area contributed by atoms with Gasteiger partial charge in [0, 0.05) is 33.8 Å². The summed E-state index contributed by atoms with van der Waals surface area (Å²) in [6.45, 7) is 4.69. The SMILES string of the molecule is CC1(C)c2ccccc2Oc2cccc(N(c3cccc(C4(c5ccccc5)c5ccccc5-c5ccccc54)c3)c3ccc4c(c3)C(c3ccccc3)Cc3ccccc3-4)c21. The molecule has 9 aromatic rings. The first-order valence-corrected chi connectivity index (χ1v) is 21.9. The third-order valence-corrected chi connectivity index (χ3v) is 13.9. The monoisotopic (exact) mass is 795 g/mol. The van der Waals surface area contributed by atoms with Gasteiger partial charge in [-0.15, -0.1) is 0 Å². The van der Waals surface area contributed by atoms with Crippen LogP contribution in [-0.4, -0.2) is 0 Å². The summed E-state index contributed by atoms with van der Waals surface area (Å²) in [4.78, 5) is 2.51. The predicted molar refractivity (Wildman–Crippen MR) is 254 cm³/mol. The zero-order valence-electron chi connectivity index (χ0n) is 34.9. The molecule has 1 unspecified atom stereocenters. The van der Waals surface area contributed by atoms with E-state index in [4.69, 9.17) is 4.74 Å². The van der Waals surface area contributed by atoms with Gasteiger partial charge >= 0.3 is 0 Å². The van der Waals surface area contributed by atoms with Crippen molar-refractivity contribution in [2.45, 2.75) is 37.0 Å². The smallest absolute Gasteiger partial charge is 0.133 e. The van der Waals surface area contributed by atoms with Gasteiger partial charge in [0.25, 0.3) is 0 Å². The maximum Gasteiger partial charge on any atom is 0.133 e. The fourth-order valence-electron chi connectivity index (χ4n) is 11.3. The van der Waals surface area contributed by atoms with Gasteiger partial charge < -0.3 is 9.64 Å². The van der Waals surface area contributed by atoms with E-state index in [-0.39, 0.29) is 11.3 Å². The van der Waals surface area contributed by atoms with E-state index in [9.17, 15) is 0 Å². The van der Waals surface area contributed by atoms with Crippen LogP contribution in [0.15, 0.2) is 218 Å². The number of anilines is 3. The molecule has 1 atom stereocenters. The largest absolute Gasteiger partial charge is 0.457 e. The molecule has 62 heavy (non-hydrogen) atoms. The molecular formula is C60H45NO. The quantitative estimate of drug-likeness (QED) is 0.166. The molecule has 0 aromatic heterocycles. The Morgan fingerprint density at radius 1 is 0.452 bits per heavy atom. The van der Waals surface area contributed by atoms with E-state index in [1.165, 1.54) is 72.3 Å². The molecule has 1 aliphatic heterocycles. The van der Waals surface area contributed by atoms with Crippen molar-refractivity contribution in [1.29, 1.82) is 0 Å². The Hall–Kier alpha value is -7.42. The van der Waals surface area contributed by atoms with E-state index < -0.39 is 5.41 Å². The van der Waals surface area contributed by atoms with Crippen LogP contribution in [-0.2, 0) is 17.3 Å². The van der Waals surface area contributed by atoms with Crippen LogP contribution in [0.1, 0.15) is 69.8 Å². The summed E-state index contributed by atoms with van der Waals surface area (Å²) in [5, 5.41) is 0. The number of hydrogen-bond donors (Lipinski definition) is 0. The van der Waals surface area contributed by atoms with Gasteiger partial charge in [0.15, 0.2) is 0 Å². The van der Waals surface area contributed by atoms with Crippen LogP contribution < -0.4 is 9.64 Å². The second-order valence-electron chi connectivity index (χ2n) is 17.6. The second-order valence-corrected chi connectivity index (χ2v) is 17.6. The zero-order chi connectivity index (χ0) is 41.4. The number of para-hydroxylation sites is 1. The highest BCUT2D eigenvalue weighted by Crippen LogP contribution is 2.58. The lowest BCUT2D eigenvalue weighted by molar-refractivity contribution is 0.418. The Bertz CT molecular complexity index is 3140. The summed E-state index contributed by atoms with van der Waals surface area (Å²) in [5.41, 5.74) is 19.1. The van der Waals surface area contributed by atoms with Gasteiger partial charge in [-0.25, -0.2) is 0 Å². The van der Waals surface area contributed by atoms with Crippen LogP contribution in [0.2, 0.25) is 0 Å². The minimum Gasteiger partial charge on any atom is -0.457 e. The number of benzene rings is 9. The summed E-state index contributed by atoms with van der Waals surface area (Å²) in [7, 11) is 0. The van der Waals surface area contributed by atoms with Gasteiger partial charge in [0.2, 0.25) is 0 Å². The molecule has 0 fully saturated rings. The van der Waals surface area contributed by atoms with Gasteiger partial charge in [-0.3, -0.25) is 0 Å². The van der Waals surface area contributed by atoms with E-state index in [1.807, 2.05) is 0 Å². The Morgan fingerprint density at radius 3 is 1.79 bits per heavy atom. The van der Waals surface area contributed by atoms with Crippen LogP contribution in [0.3, 0.4) is 0 Å². The fourth-order valence-corrected chi connectivity index (χ4v) is 11.3. The van der Waals surface area contributed by atoms with Gasteiger partial charge in [-0.2, -0.15) is 0 Å². The molecule has 296 valence electrons. The standard InChI is InChI=1S/C60H45NO/c1-59(2)54-31-15-16-33-56(54)62-57-34-18-32-55(58(57)59)61(45-35-36-47-46-26-10-9-21-41(46)37-50(51(47)39-45)40-19-5-3-6-20-40)44-25-17-24-43(38-44)60(42-22-7-4-8-23-42)52-29-13-11-27-48(52)49-28-12-14-30-53(49)60/h3-36,38-39,50H,37H2,1-2H3. The van der Waals surface area contributed by atoms with Gasteiger partial charge in [-0.1, -0.05) is 190 Å². The Kier molecular flexibility index (Phi) is 8.27. The van der Waals surface area contributed by atoms with Crippen LogP contribution in [0.25, 0.3) is 22.3 Å². The summed E-state index contributed by atoms with van der Waals surface area (Å²) in [6, 6.07) is 80.8. The van der Waals surface area contributed by atoms with E-state index in [0.29, 0.717) is 0 Å². The normalized spacial score (nSPS) is 15.7. The highest BCUT2D eigenvalue weighted by Gasteiger charge is 2.46. The molecule has 0 saturated carbocycles. The van der Waals surface area contributed by atoms with Crippen molar-refractivity contribution in [2.75, 3.05) is 4.90 Å². The molecule has 1 heterocycles. The first-order valence-electron chi connectivity index (χ1n) is 21.9. The van der Waals surface area contributed by atoms with Gasteiger partial charge in [-0.05, 0) is 110 Å². The van der Waals surface area contributed by atoms with Crippen LogP contribution >= 0.6 is 0 Å². The lowest BCUT2D eigenvalue weighted by atomic mass is 9.67. The second kappa shape index (κ2) is 14.1. The first kappa shape index (κ1) is 36.4. The number of nitrogens with zero attached hydrogens (tertiary/aromatic N) is 1. The molecule has 2 nitrogen and oxygen atoms in total. The summed E-state index contributed by atoms with van der Waals surface area (Å²) < 4.78 is 6.81. The first-order chi connectivity index (χ1) is 30.5. The average Bonchev–Trinajstić information content (AvgIpc) is 3.63. The van der Waals surface area contributed by atoms with Crippen molar-refractivity contribution in [3.8, 4) is 33.8 Å². The fraction of sp³-hybridized carbons (Fsp3) is 0.100. The lowest BCUT2D eigenvalue weighted by Crippen LogP contribution is -2.29. The molecule has 0 spiro atoms. The van der Waals surface area contributed by atoms with Gasteiger partial charge in [0.05, 0.1) is 11.1 Å². The van der Waals surface area contributed by atoms with E-state index in [1.54, 1.807) is 0 Å². The molecule has 2 aliphatic carbocycles. The predicted octanol–water partition coefficient (Wildman–Crippen LogP) is 15.3. The summed E-state index contributed by atoms with van der Waals surface area (Å²) in [5.74, 6) is 2.01. The third-order valence-electron chi connectivity index (χ3n) is 13.9. The van der Waals surface area contributed by atoms with Crippen molar-refractivity contribution in [3.05, 3.63) is 268 Å². The van der Waals surface area contributed by atoms with Crippen LogP contribution in [0, 0.1) is 0 Å². The molecule has 0 saturated heterocycles. The topological polar surface area (TPSA) is 12.5 Å². The molecule has 3 aliphatic rings. The molecule has 0 amide bonds. The summed E-state index contributed by atoms with van der Waals surface area (Å²) >= 11 is 0. The molecule has 12 rings (SSSR count). The van der Waals surface area contributed by atoms with Crippen molar-refractivity contribution in [1.82, 2.24) is 0 Å². The highest BCUT2D eigenvalue weighted by molar-refractivity contribution is 5.89. The molecule has 2 heteroatoms. The highest BCUT2D eigenvalue weighted by atomic mass is 16.5. The number of rotatable bonds is 6. The van der Waals surface area contributed by atoms with Crippen molar-refractivity contribution < 1.29 is 4.74 Å². The maximum atomic E-state index is 6.81. The number of hydrogen-bond acceptors (Lipinski definition) is 2. The molecule has 9 aromatic carbocycles. The molecule has 0 bridgehead atoms. The van der Waals surface area contributed by atoms with E-state index in [2.05, 4.69) is 237 Å². The minimum absolute atomic E-state index is 0.207. The van der Waals surface area contributed by atoms with Gasteiger partial charge in [0.1, 0.15) is 11.5 Å². The molecule has 0 N–H and O–H groups in total. The van der Waals surface area contributed by atoms with E-state index >= 15 is 0 Å². The Labute approximate surface area is 364 Å². The lowest BCUT2D eigenvalue weighted by Gasteiger charge is -2.40. The van der Waals surface area contributed by atoms with Crippen molar-refractivity contribution >= 4 is 17.1 Å².